The van der Waals surface area contributed by atoms with Crippen LogP contribution in [-0.2, 0) is 0 Å². The van der Waals surface area contributed by atoms with Crippen molar-refractivity contribution in [3.05, 3.63) is 71.2 Å². The molecule has 2 aromatic heterocycles. The molecule has 19 heavy (non-hydrogen) atoms. The van der Waals surface area contributed by atoms with Crippen LogP contribution in [0.5, 0.6) is 0 Å². The van der Waals surface area contributed by atoms with Crippen LogP contribution in [0.25, 0.3) is 5.65 Å². The molecule has 0 spiro atoms. The highest BCUT2D eigenvalue weighted by Gasteiger charge is 2.33. The summed E-state index contributed by atoms with van der Waals surface area (Å²) < 4.78 is 1.67. The Morgan fingerprint density at radius 3 is 2.32 bits per heavy atom. The van der Waals surface area contributed by atoms with Crippen molar-refractivity contribution in [3.8, 4) is 0 Å². The molecular weight excluding hydrogens is 240 g/mol. The quantitative estimate of drug-likeness (QED) is 0.479. The molecule has 0 N–H and O–H groups in total. The molecule has 3 aromatic rings. The van der Waals surface area contributed by atoms with E-state index in [1.54, 1.807) is 40.9 Å². The number of hydrogen-bond donors (Lipinski definition) is 0. The zero-order valence-corrected chi connectivity index (χ0v) is 9.83. The summed E-state index contributed by atoms with van der Waals surface area (Å²) in [5.74, 6) is -0.335. The Balaban J connectivity index is 2.14. The van der Waals surface area contributed by atoms with Crippen LogP contribution >= 0.6 is 0 Å². The smallest absolute Gasteiger partial charge is 0.214 e. The van der Waals surface area contributed by atoms with Crippen molar-refractivity contribution in [1.82, 2.24) is 9.38 Å². The van der Waals surface area contributed by atoms with E-state index in [2.05, 4.69) is 4.98 Å². The zero-order valence-electron chi connectivity index (χ0n) is 9.83. The largest absolute Gasteiger partial charge is 0.296 e. The summed E-state index contributed by atoms with van der Waals surface area (Å²) in [5, 5.41) is 0. The Morgan fingerprint density at radius 1 is 0.842 bits per heavy atom. The van der Waals surface area contributed by atoms with Crippen molar-refractivity contribution in [2.45, 2.75) is 0 Å². The zero-order chi connectivity index (χ0) is 13.0. The number of aromatic nitrogens is 2. The van der Waals surface area contributed by atoms with Gasteiger partial charge < -0.3 is 0 Å². The highest BCUT2D eigenvalue weighted by Crippen LogP contribution is 2.27. The van der Waals surface area contributed by atoms with Crippen LogP contribution in [0, 0.1) is 0 Å². The standard InChI is InChI=1S/C15H8N2O2/c18-14-9-5-1-2-6-10(9)15(19)13-12(14)16-11-7-3-4-8-17(11)13/h1-8H. The molecule has 1 aliphatic rings. The minimum absolute atomic E-state index is 0.149. The molecule has 0 bridgehead atoms. The predicted molar refractivity (Wildman–Crippen MR) is 68.5 cm³/mol. The lowest BCUT2D eigenvalue weighted by Crippen LogP contribution is -2.21. The third kappa shape index (κ3) is 1.20. The number of imidazole rings is 1. The minimum Gasteiger partial charge on any atom is -0.296 e. The molecule has 0 amide bonds. The summed E-state index contributed by atoms with van der Waals surface area (Å²) >= 11 is 0. The molecule has 0 unspecified atom stereocenters. The van der Waals surface area contributed by atoms with Gasteiger partial charge in [0.05, 0.1) is 0 Å². The van der Waals surface area contributed by atoms with Crippen molar-refractivity contribution >= 4 is 17.2 Å². The first kappa shape index (κ1) is 10.2. The fourth-order valence-corrected chi connectivity index (χ4v) is 2.51. The number of hydrogen-bond acceptors (Lipinski definition) is 3. The van der Waals surface area contributed by atoms with Gasteiger partial charge in [-0.3, -0.25) is 14.0 Å². The first-order valence-electron chi connectivity index (χ1n) is 5.93. The van der Waals surface area contributed by atoms with Crippen LogP contribution in [0.1, 0.15) is 32.1 Å². The van der Waals surface area contributed by atoms with E-state index in [1.165, 1.54) is 0 Å². The van der Waals surface area contributed by atoms with Crippen molar-refractivity contribution in [2.75, 3.05) is 0 Å². The van der Waals surface area contributed by atoms with E-state index >= 15 is 0 Å². The van der Waals surface area contributed by atoms with E-state index in [4.69, 9.17) is 0 Å². The highest BCUT2D eigenvalue weighted by molar-refractivity contribution is 6.27. The van der Waals surface area contributed by atoms with Gasteiger partial charge in [-0.1, -0.05) is 30.3 Å². The second-order valence-corrected chi connectivity index (χ2v) is 4.44. The maximum absolute atomic E-state index is 12.5. The SMILES string of the molecule is O=C1c2ccccc2C(=O)c2c1nc1ccccn21. The van der Waals surface area contributed by atoms with E-state index in [0.29, 0.717) is 22.5 Å². The molecule has 0 aliphatic heterocycles. The summed E-state index contributed by atoms with van der Waals surface area (Å²) in [6.07, 6.45) is 1.75. The van der Waals surface area contributed by atoms with Crippen LogP contribution in [0.2, 0.25) is 0 Å². The Kier molecular flexibility index (Phi) is 1.82. The van der Waals surface area contributed by atoms with Crippen molar-refractivity contribution in [2.24, 2.45) is 0 Å². The number of nitrogens with zero attached hydrogens (tertiary/aromatic N) is 2. The fourth-order valence-electron chi connectivity index (χ4n) is 2.51. The minimum atomic E-state index is -0.186. The lowest BCUT2D eigenvalue weighted by molar-refractivity contribution is 0.0973. The number of pyridine rings is 1. The molecule has 0 atom stereocenters. The highest BCUT2D eigenvalue weighted by atomic mass is 16.1. The summed E-state index contributed by atoms with van der Waals surface area (Å²) in [5.41, 5.74) is 2.10. The fraction of sp³-hybridized carbons (Fsp3) is 0. The number of benzene rings is 1. The Bertz CT molecular complexity index is 861. The Labute approximate surface area is 108 Å². The molecule has 0 fully saturated rings. The van der Waals surface area contributed by atoms with Crippen molar-refractivity contribution in [1.29, 1.82) is 0 Å². The number of carbonyl (C=O) groups excluding carboxylic acids is 2. The maximum atomic E-state index is 12.5. The Hall–Kier alpha value is -2.75. The van der Waals surface area contributed by atoms with Gasteiger partial charge in [-0.15, -0.1) is 0 Å². The summed E-state index contributed by atoms with van der Waals surface area (Å²) in [4.78, 5) is 29.2. The van der Waals surface area contributed by atoms with Crippen LogP contribution in [0.4, 0.5) is 0 Å². The van der Waals surface area contributed by atoms with E-state index < -0.39 is 0 Å². The molecule has 0 saturated heterocycles. The first-order chi connectivity index (χ1) is 9.27. The van der Waals surface area contributed by atoms with Gasteiger partial charge in [0.25, 0.3) is 0 Å². The summed E-state index contributed by atoms with van der Waals surface area (Å²) in [6, 6.07) is 12.3. The topological polar surface area (TPSA) is 51.4 Å². The van der Waals surface area contributed by atoms with E-state index in [0.717, 1.165) is 0 Å². The van der Waals surface area contributed by atoms with E-state index in [-0.39, 0.29) is 17.3 Å². The monoisotopic (exact) mass is 248 g/mol. The molecule has 4 heteroatoms. The van der Waals surface area contributed by atoms with Gasteiger partial charge in [0.15, 0.2) is 0 Å². The summed E-state index contributed by atoms with van der Waals surface area (Å²) in [7, 11) is 0. The molecule has 4 nitrogen and oxygen atoms in total. The number of rotatable bonds is 0. The van der Waals surface area contributed by atoms with E-state index in [9.17, 15) is 9.59 Å². The maximum Gasteiger partial charge on any atom is 0.214 e. The molecule has 1 aliphatic carbocycles. The molecule has 0 radical (unpaired) electrons. The van der Waals surface area contributed by atoms with Crippen molar-refractivity contribution in [3.63, 3.8) is 0 Å². The third-order valence-corrected chi connectivity index (χ3v) is 3.38. The van der Waals surface area contributed by atoms with Crippen LogP contribution in [0.15, 0.2) is 48.7 Å². The van der Waals surface area contributed by atoms with Gasteiger partial charge in [0.1, 0.15) is 17.0 Å². The second kappa shape index (κ2) is 3.38. The lowest BCUT2D eigenvalue weighted by Gasteiger charge is -2.13. The summed E-state index contributed by atoms with van der Waals surface area (Å²) in [6.45, 7) is 0. The first-order valence-corrected chi connectivity index (χ1v) is 5.93. The second-order valence-electron chi connectivity index (χ2n) is 4.44. The van der Waals surface area contributed by atoms with Gasteiger partial charge >= 0.3 is 0 Å². The Morgan fingerprint density at radius 2 is 1.53 bits per heavy atom. The van der Waals surface area contributed by atoms with Crippen molar-refractivity contribution < 1.29 is 9.59 Å². The van der Waals surface area contributed by atoms with Crippen LogP contribution in [0.3, 0.4) is 0 Å². The van der Waals surface area contributed by atoms with Gasteiger partial charge in [0, 0.05) is 17.3 Å². The molecule has 2 heterocycles. The third-order valence-electron chi connectivity index (χ3n) is 3.38. The average Bonchev–Trinajstić information content (AvgIpc) is 2.84. The van der Waals surface area contributed by atoms with Crippen LogP contribution < -0.4 is 0 Å². The molecule has 0 saturated carbocycles. The van der Waals surface area contributed by atoms with Gasteiger partial charge in [0.2, 0.25) is 11.6 Å². The molecule has 4 rings (SSSR count). The molecular formula is C15H8N2O2. The van der Waals surface area contributed by atoms with Gasteiger partial charge in [-0.05, 0) is 12.1 Å². The number of carbonyl (C=O) groups is 2. The molecule has 90 valence electrons. The molecule has 1 aromatic carbocycles. The van der Waals surface area contributed by atoms with Gasteiger partial charge in [-0.25, -0.2) is 4.98 Å². The van der Waals surface area contributed by atoms with E-state index in [1.807, 2.05) is 12.1 Å². The average molecular weight is 248 g/mol. The van der Waals surface area contributed by atoms with Gasteiger partial charge in [-0.2, -0.15) is 0 Å². The number of fused-ring (bicyclic) bond motifs is 4. The lowest BCUT2D eigenvalue weighted by atomic mass is 9.90. The van der Waals surface area contributed by atoms with Crippen LogP contribution in [-0.4, -0.2) is 21.0 Å². The predicted octanol–water partition coefficient (Wildman–Crippen LogP) is 2.11. The number of ketones is 2. The normalized spacial score (nSPS) is 13.5.